The van der Waals surface area contributed by atoms with Gasteiger partial charge in [0.2, 0.25) is 5.91 Å². The van der Waals surface area contributed by atoms with Gasteiger partial charge in [0, 0.05) is 32.5 Å². The zero-order valence-corrected chi connectivity index (χ0v) is 20.5. The number of nitrogens with zero attached hydrogens (tertiary/aromatic N) is 5. The highest BCUT2D eigenvalue weighted by molar-refractivity contribution is 5.83. The Balaban J connectivity index is 1.57. The van der Waals surface area contributed by atoms with Gasteiger partial charge < -0.3 is 19.9 Å². The average Bonchev–Trinajstić information content (AvgIpc) is 3.40. The number of imidazole rings is 1. The molecule has 2 aromatic heterocycles. The van der Waals surface area contributed by atoms with Crippen LogP contribution in [0.1, 0.15) is 45.7 Å². The molecule has 0 radical (unpaired) electrons. The molecule has 2 saturated heterocycles. The fourth-order valence-electron chi connectivity index (χ4n) is 5.53. The average molecular weight is 478 g/mol. The summed E-state index contributed by atoms with van der Waals surface area (Å²) in [5.41, 5.74) is 1.17. The van der Waals surface area contributed by atoms with Crippen molar-refractivity contribution in [3.05, 3.63) is 48.5 Å². The molecule has 10 nitrogen and oxygen atoms in total. The van der Waals surface area contributed by atoms with Gasteiger partial charge in [0.05, 0.1) is 17.9 Å². The van der Waals surface area contributed by atoms with E-state index in [1.807, 2.05) is 51.1 Å². The van der Waals surface area contributed by atoms with E-state index >= 15 is 0 Å². The zero-order chi connectivity index (χ0) is 24.8. The second-order valence-corrected chi connectivity index (χ2v) is 10.4. The van der Waals surface area contributed by atoms with Crippen LogP contribution in [-0.2, 0) is 9.53 Å². The zero-order valence-electron chi connectivity index (χ0n) is 20.5. The summed E-state index contributed by atoms with van der Waals surface area (Å²) < 4.78 is 5.81. The molecule has 5 rings (SSSR count). The Morgan fingerprint density at radius 3 is 2.66 bits per heavy atom. The highest BCUT2D eigenvalue weighted by Gasteiger charge is 2.58. The topological polar surface area (TPSA) is 116 Å². The van der Waals surface area contributed by atoms with Crippen molar-refractivity contribution < 1.29 is 14.3 Å². The Morgan fingerprint density at radius 2 is 1.94 bits per heavy atom. The smallest absolute Gasteiger partial charge is 0.410 e. The Kier molecular flexibility index (Phi) is 5.61. The lowest BCUT2D eigenvalue weighted by atomic mass is 9.75. The summed E-state index contributed by atoms with van der Waals surface area (Å²) >= 11 is 0. The maximum atomic E-state index is 13.5. The van der Waals surface area contributed by atoms with E-state index in [4.69, 9.17) is 4.74 Å². The molecule has 0 spiro atoms. The van der Waals surface area contributed by atoms with E-state index in [0.29, 0.717) is 31.7 Å². The van der Waals surface area contributed by atoms with Crippen molar-refractivity contribution in [1.29, 1.82) is 0 Å². The molecule has 2 amide bonds. The monoisotopic (exact) mass is 477 g/mol. The third-order valence-electron chi connectivity index (χ3n) is 6.82. The maximum absolute atomic E-state index is 13.5. The minimum Gasteiger partial charge on any atom is -0.444 e. The number of amides is 2. The van der Waals surface area contributed by atoms with E-state index in [9.17, 15) is 9.59 Å². The lowest BCUT2D eigenvalue weighted by molar-refractivity contribution is -0.121. The van der Waals surface area contributed by atoms with E-state index in [1.54, 1.807) is 11.2 Å². The van der Waals surface area contributed by atoms with Gasteiger partial charge in [-0.25, -0.2) is 19.7 Å². The van der Waals surface area contributed by atoms with Gasteiger partial charge in [-0.3, -0.25) is 9.69 Å². The molecule has 35 heavy (non-hydrogen) atoms. The van der Waals surface area contributed by atoms with Crippen LogP contribution < -0.4 is 10.2 Å². The van der Waals surface area contributed by atoms with Crippen LogP contribution >= 0.6 is 0 Å². The summed E-state index contributed by atoms with van der Waals surface area (Å²) in [6.45, 7) is 8.74. The summed E-state index contributed by atoms with van der Waals surface area (Å²) in [4.78, 5) is 46.0. The molecule has 2 aliphatic heterocycles. The number of hydrogen-bond acceptors (Lipinski definition) is 7. The van der Waals surface area contributed by atoms with Crippen LogP contribution in [-0.4, -0.2) is 67.6 Å². The Labute approximate surface area is 204 Å². The van der Waals surface area contributed by atoms with Crippen molar-refractivity contribution in [3.63, 3.8) is 0 Å². The number of aromatic nitrogens is 4. The number of benzene rings is 1. The summed E-state index contributed by atoms with van der Waals surface area (Å²) in [6, 6.07) is 9.69. The number of carbonyl (C=O) groups is 2. The minimum absolute atomic E-state index is 0.0944. The number of fused-ring (bicyclic) bond motifs is 2. The lowest BCUT2D eigenvalue weighted by Gasteiger charge is -2.45. The largest absolute Gasteiger partial charge is 0.444 e. The van der Waals surface area contributed by atoms with Crippen molar-refractivity contribution in [1.82, 2.24) is 30.2 Å². The lowest BCUT2D eigenvalue weighted by Crippen LogP contribution is -2.61. The predicted octanol–water partition coefficient (Wildman–Crippen LogP) is 3.05. The van der Waals surface area contributed by atoms with Gasteiger partial charge in [-0.05, 0) is 32.8 Å². The second kappa shape index (κ2) is 8.51. The van der Waals surface area contributed by atoms with Crippen molar-refractivity contribution in [2.24, 2.45) is 5.92 Å². The van der Waals surface area contributed by atoms with E-state index in [0.717, 1.165) is 16.9 Å². The quantitative estimate of drug-likeness (QED) is 0.596. The number of aromatic amines is 1. The first kappa shape index (κ1) is 23.1. The molecule has 10 heteroatoms. The van der Waals surface area contributed by atoms with Gasteiger partial charge in [0.1, 0.15) is 17.4 Å². The third-order valence-corrected chi connectivity index (χ3v) is 6.82. The van der Waals surface area contributed by atoms with Crippen LogP contribution in [0.3, 0.4) is 0 Å². The molecule has 1 aromatic carbocycles. The van der Waals surface area contributed by atoms with Crippen LogP contribution in [0.2, 0.25) is 0 Å². The molecule has 1 unspecified atom stereocenters. The first-order valence-corrected chi connectivity index (χ1v) is 11.9. The highest BCUT2D eigenvalue weighted by Crippen LogP contribution is 2.48. The second-order valence-electron chi connectivity index (χ2n) is 10.4. The summed E-state index contributed by atoms with van der Waals surface area (Å²) in [7, 11) is 0. The summed E-state index contributed by atoms with van der Waals surface area (Å²) in [5.74, 6) is 0.564. The predicted molar refractivity (Wildman–Crippen MR) is 131 cm³/mol. The van der Waals surface area contributed by atoms with Crippen molar-refractivity contribution >= 4 is 29.0 Å². The fourth-order valence-corrected chi connectivity index (χ4v) is 5.53. The van der Waals surface area contributed by atoms with Crippen LogP contribution in [0.15, 0.2) is 43.0 Å². The number of H-pyrrole nitrogens is 1. The molecular weight excluding hydrogens is 446 g/mol. The number of anilines is 1. The van der Waals surface area contributed by atoms with Gasteiger partial charge in [-0.1, -0.05) is 30.3 Å². The van der Waals surface area contributed by atoms with Gasteiger partial charge in [-0.15, -0.1) is 0 Å². The molecule has 184 valence electrons. The number of likely N-dealkylation sites (tertiary alicyclic amines) is 1. The molecule has 0 saturated carbocycles. The van der Waals surface area contributed by atoms with Crippen LogP contribution in [0.4, 0.5) is 10.6 Å². The van der Waals surface area contributed by atoms with E-state index in [2.05, 4.69) is 30.2 Å². The van der Waals surface area contributed by atoms with Gasteiger partial charge in [-0.2, -0.15) is 0 Å². The Morgan fingerprint density at radius 1 is 1.17 bits per heavy atom. The molecule has 3 atom stereocenters. The number of hydrogen-bond donors (Lipinski definition) is 2. The number of ether oxygens (including phenoxy) is 1. The Bertz CT molecular complexity index is 1240. The molecule has 2 N–H and O–H groups in total. The minimum atomic E-state index is -0.632. The highest BCUT2D eigenvalue weighted by atomic mass is 16.6. The number of piperidine rings is 1. The van der Waals surface area contributed by atoms with E-state index in [1.165, 1.54) is 13.3 Å². The number of nitrogens with one attached hydrogen (secondary N) is 2. The molecule has 0 aliphatic carbocycles. The van der Waals surface area contributed by atoms with Crippen LogP contribution in [0.5, 0.6) is 0 Å². The van der Waals surface area contributed by atoms with Crippen LogP contribution in [0.25, 0.3) is 11.2 Å². The van der Waals surface area contributed by atoms with Gasteiger partial charge >= 0.3 is 6.09 Å². The van der Waals surface area contributed by atoms with Gasteiger partial charge in [0.25, 0.3) is 0 Å². The normalized spacial score (nSPS) is 24.3. The van der Waals surface area contributed by atoms with Crippen molar-refractivity contribution in [3.8, 4) is 0 Å². The Hall–Kier alpha value is -3.69. The van der Waals surface area contributed by atoms with Crippen molar-refractivity contribution in [2.75, 3.05) is 24.5 Å². The molecule has 3 aromatic rings. The summed E-state index contributed by atoms with van der Waals surface area (Å²) in [5, 5.41) is 3.24. The molecule has 2 aliphatic rings. The molecule has 2 fully saturated rings. The summed E-state index contributed by atoms with van der Waals surface area (Å²) in [6.07, 6.45) is 3.40. The van der Waals surface area contributed by atoms with E-state index in [-0.39, 0.29) is 24.0 Å². The SMILES string of the molecule is CC(=O)N[C@@]12CCN(c3ncnc4nc[nH]c34)CC1[C@@H](c1ccccc1)N(C(=O)OC(C)(C)C)C2. The standard InChI is InChI=1S/C25H31N7O3/c1-16(33)30-25-10-11-31(22-19-21(27-14-26-19)28-15-29-22)12-18(25)20(17-8-6-5-7-9-17)32(13-25)23(34)35-24(2,3)4/h5-9,14-15,18,20H,10-13H2,1-4H3,(H,30,33)(H,26,27,28,29)/t18?,20-,25-/m1/s1. The third kappa shape index (κ3) is 4.28. The molecule has 0 bridgehead atoms. The van der Waals surface area contributed by atoms with Gasteiger partial charge in [0.15, 0.2) is 11.5 Å². The fraction of sp³-hybridized carbons (Fsp3) is 0.480. The molecular formula is C25H31N7O3. The molecule has 4 heterocycles. The number of carbonyl (C=O) groups excluding carboxylic acids is 2. The first-order valence-electron chi connectivity index (χ1n) is 11.9. The van der Waals surface area contributed by atoms with Crippen LogP contribution in [0, 0.1) is 5.92 Å². The first-order chi connectivity index (χ1) is 16.7. The van der Waals surface area contributed by atoms with Crippen molar-refractivity contribution in [2.45, 2.75) is 51.3 Å². The van der Waals surface area contributed by atoms with E-state index < -0.39 is 11.1 Å². The maximum Gasteiger partial charge on any atom is 0.410 e. The number of rotatable bonds is 3.